The molecule has 0 saturated carbocycles. The fraction of sp³-hybridized carbons (Fsp3) is 0.600. The van der Waals surface area contributed by atoms with Crippen molar-refractivity contribution >= 4 is 9.84 Å². The van der Waals surface area contributed by atoms with E-state index in [1.54, 1.807) is 0 Å². The van der Waals surface area contributed by atoms with Crippen molar-refractivity contribution in [3.8, 4) is 5.75 Å². The quantitative estimate of drug-likeness (QED) is 0.911. The van der Waals surface area contributed by atoms with Crippen LogP contribution in [0.1, 0.15) is 18.4 Å². The minimum absolute atomic E-state index is 0.143. The summed E-state index contributed by atoms with van der Waals surface area (Å²) in [6.45, 7) is 0.538. The maximum atomic E-state index is 11.6. The molecule has 2 aliphatic heterocycles. The van der Waals surface area contributed by atoms with Crippen LogP contribution in [0.3, 0.4) is 0 Å². The molecule has 2 heterocycles. The summed E-state index contributed by atoms with van der Waals surface area (Å²) >= 11 is 0. The lowest BCUT2D eigenvalue weighted by atomic mass is 9.86. The average Bonchev–Trinajstić information content (AvgIpc) is 2.98. The summed E-state index contributed by atoms with van der Waals surface area (Å²) in [5.41, 5.74) is 7.12. The molecule has 4 nitrogen and oxygen atoms in total. The second-order valence-corrected chi connectivity index (χ2v) is 8.18. The van der Waals surface area contributed by atoms with Crippen molar-refractivity contribution in [2.45, 2.75) is 25.4 Å². The molecule has 0 spiro atoms. The molecule has 1 aromatic rings. The Kier molecular flexibility index (Phi) is 3.73. The van der Waals surface area contributed by atoms with Crippen LogP contribution in [0.2, 0.25) is 0 Å². The smallest absolute Gasteiger partial charge is 0.150 e. The van der Waals surface area contributed by atoms with Crippen LogP contribution in [-0.4, -0.2) is 32.6 Å². The van der Waals surface area contributed by atoms with E-state index in [0.29, 0.717) is 18.1 Å². The highest BCUT2D eigenvalue weighted by molar-refractivity contribution is 7.91. The van der Waals surface area contributed by atoms with Gasteiger partial charge in [-0.05, 0) is 42.9 Å². The summed E-state index contributed by atoms with van der Waals surface area (Å²) < 4.78 is 29.2. The van der Waals surface area contributed by atoms with Gasteiger partial charge in [0, 0.05) is 6.42 Å². The third-order valence-electron chi connectivity index (χ3n) is 4.52. The van der Waals surface area contributed by atoms with Gasteiger partial charge in [-0.3, -0.25) is 0 Å². The van der Waals surface area contributed by atoms with Crippen molar-refractivity contribution in [3.05, 3.63) is 29.8 Å². The van der Waals surface area contributed by atoms with Crippen molar-refractivity contribution in [3.63, 3.8) is 0 Å². The average molecular weight is 295 g/mol. The van der Waals surface area contributed by atoms with E-state index in [9.17, 15) is 8.42 Å². The number of hydrogen-bond acceptors (Lipinski definition) is 4. The van der Waals surface area contributed by atoms with E-state index < -0.39 is 9.84 Å². The third-order valence-corrected chi connectivity index (χ3v) is 6.31. The third kappa shape index (κ3) is 2.83. The van der Waals surface area contributed by atoms with Gasteiger partial charge in [0.1, 0.15) is 11.9 Å². The standard InChI is InChI=1S/C15H21NO3S/c16-9-13(12-5-6-20(17,18)10-12)8-14-7-11-3-1-2-4-15(11)19-14/h1-4,12-14H,5-10,16H2. The molecule has 0 radical (unpaired) electrons. The van der Waals surface area contributed by atoms with Crippen LogP contribution in [0, 0.1) is 11.8 Å². The Morgan fingerprint density at radius 2 is 2.15 bits per heavy atom. The molecule has 0 bridgehead atoms. The second kappa shape index (κ2) is 5.37. The van der Waals surface area contributed by atoms with Crippen molar-refractivity contribution < 1.29 is 13.2 Å². The highest BCUT2D eigenvalue weighted by Gasteiger charge is 2.35. The molecule has 2 aliphatic rings. The highest BCUT2D eigenvalue weighted by Crippen LogP contribution is 2.34. The Hall–Kier alpha value is -1.07. The summed E-state index contributed by atoms with van der Waals surface area (Å²) in [6.07, 6.45) is 2.66. The molecular weight excluding hydrogens is 274 g/mol. The number of hydrogen-bond donors (Lipinski definition) is 1. The van der Waals surface area contributed by atoms with Gasteiger partial charge in [0.25, 0.3) is 0 Å². The molecule has 0 amide bonds. The summed E-state index contributed by atoms with van der Waals surface area (Å²) in [6, 6.07) is 8.08. The molecule has 110 valence electrons. The van der Waals surface area contributed by atoms with Crippen LogP contribution in [0.4, 0.5) is 0 Å². The van der Waals surface area contributed by atoms with Crippen LogP contribution >= 0.6 is 0 Å². The van der Waals surface area contributed by atoms with Gasteiger partial charge in [-0.15, -0.1) is 0 Å². The van der Waals surface area contributed by atoms with Gasteiger partial charge in [-0.25, -0.2) is 8.42 Å². The van der Waals surface area contributed by atoms with E-state index in [4.69, 9.17) is 10.5 Å². The Bertz CT molecular complexity index is 560. The number of nitrogens with two attached hydrogens (primary N) is 1. The predicted octanol–water partition coefficient (Wildman–Crippen LogP) is 1.39. The fourth-order valence-electron chi connectivity index (χ4n) is 3.40. The zero-order chi connectivity index (χ0) is 14.2. The van der Waals surface area contributed by atoms with E-state index >= 15 is 0 Å². The number of para-hydroxylation sites is 1. The van der Waals surface area contributed by atoms with Gasteiger partial charge in [-0.2, -0.15) is 0 Å². The van der Waals surface area contributed by atoms with E-state index in [1.165, 1.54) is 5.56 Å². The molecule has 1 aromatic carbocycles. The van der Waals surface area contributed by atoms with Gasteiger partial charge in [-0.1, -0.05) is 18.2 Å². The van der Waals surface area contributed by atoms with Gasteiger partial charge < -0.3 is 10.5 Å². The predicted molar refractivity (Wildman–Crippen MR) is 78.5 cm³/mol. The molecule has 5 heteroatoms. The Balaban J connectivity index is 1.63. The summed E-state index contributed by atoms with van der Waals surface area (Å²) in [5, 5.41) is 0. The maximum Gasteiger partial charge on any atom is 0.150 e. The summed E-state index contributed by atoms with van der Waals surface area (Å²) in [7, 11) is -2.83. The number of benzene rings is 1. The first-order valence-corrected chi connectivity index (χ1v) is 9.04. The number of fused-ring (bicyclic) bond motifs is 1. The summed E-state index contributed by atoms with van der Waals surface area (Å²) in [4.78, 5) is 0. The fourth-order valence-corrected chi connectivity index (χ4v) is 5.32. The van der Waals surface area contributed by atoms with E-state index in [0.717, 1.165) is 25.0 Å². The van der Waals surface area contributed by atoms with Crippen molar-refractivity contribution in [1.29, 1.82) is 0 Å². The van der Waals surface area contributed by atoms with Gasteiger partial charge in [0.05, 0.1) is 11.5 Å². The second-order valence-electron chi connectivity index (χ2n) is 5.95. The largest absolute Gasteiger partial charge is 0.490 e. The normalized spacial score (nSPS) is 28.9. The maximum absolute atomic E-state index is 11.6. The minimum atomic E-state index is -2.83. The topological polar surface area (TPSA) is 69.4 Å². The van der Waals surface area contributed by atoms with Gasteiger partial charge in [0.15, 0.2) is 9.84 Å². The molecule has 3 unspecified atom stereocenters. The molecule has 1 fully saturated rings. The molecule has 2 N–H and O–H groups in total. The molecule has 3 rings (SSSR count). The van der Waals surface area contributed by atoms with Crippen molar-refractivity contribution in [2.24, 2.45) is 17.6 Å². The zero-order valence-electron chi connectivity index (χ0n) is 11.5. The van der Waals surface area contributed by atoms with Crippen LogP contribution < -0.4 is 10.5 Å². The van der Waals surface area contributed by atoms with E-state index in [1.807, 2.05) is 18.2 Å². The Morgan fingerprint density at radius 3 is 2.80 bits per heavy atom. The van der Waals surface area contributed by atoms with Gasteiger partial charge in [0.2, 0.25) is 0 Å². The zero-order valence-corrected chi connectivity index (χ0v) is 12.3. The van der Waals surface area contributed by atoms with E-state index in [-0.39, 0.29) is 17.9 Å². The Morgan fingerprint density at radius 1 is 1.35 bits per heavy atom. The first kappa shape index (κ1) is 13.9. The van der Waals surface area contributed by atoms with E-state index in [2.05, 4.69) is 6.07 Å². The van der Waals surface area contributed by atoms with Crippen LogP contribution in [0.25, 0.3) is 0 Å². The van der Waals surface area contributed by atoms with Gasteiger partial charge >= 0.3 is 0 Å². The van der Waals surface area contributed by atoms with Crippen molar-refractivity contribution in [1.82, 2.24) is 0 Å². The first-order chi connectivity index (χ1) is 9.57. The van der Waals surface area contributed by atoms with Crippen LogP contribution in [0.15, 0.2) is 24.3 Å². The first-order valence-electron chi connectivity index (χ1n) is 7.22. The highest BCUT2D eigenvalue weighted by atomic mass is 32.2. The van der Waals surface area contributed by atoms with Crippen LogP contribution in [0.5, 0.6) is 5.75 Å². The lowest BCUT2D eigenvalue weighted by Crippen LogP contribution is -2.30. The lowest BCUT2D eigenvalue weighted by Gasteiger charge is -2.23. The Labute approximate surface area is 120 Å². The summed E-state index contributed by atoms with van der Waals surface area (Å²) in [5.74, 6) is 2.03. The monoisotopic (exact) mass is 295 g/mol. The molecule has 0 aliphatic carbocycles. The lowest BCUT2D eigenvalue weighted by molar-refractivity contribution is 0.175. The molecule has 3 atom stereocenters. The SMILES string of the molecule is NCC(CC1Cc2ccccc2O1)C1CCS(=O)(=O)C1. The van der Waals surface area contributed by atoms with Crippen LogP contribution in [-0.2, 0) is 16.3 Å². The van der Waals surface area contributed by atoms with Crippen molar-refractivity contribution in [2.75, 3.05) is 18.1 Å². The molecule has 1 saturated heterocycles. The number of sulfone groups is 1. The number of rotatable bonds is 4. The molecule has 20 heavy (non-hydrogen) atoms. The molecular formula is C15H21NO3S. The minimum Gasteiger partial charge on any atom is -0.490 e. The molecule has 0 aromatic heterocycles. The number of ether oxygens (including phenoxy) is 1.